The molecule has 0 saturated heterocycles. The van der Waals surface area contributed by atoms with Gasteiger partial charge in [-0.15, -0.1) is 0 Å². The molecule has 4 heteroatoms. The molecular weight excluding hydrogens is 260 g/mol. The van der Waals surface area contributed by atoms with E-state index in [0.29, 0.717) is 17.9 Å². The van der Waals surface area contributed by atoms with E-state index in [0.717, 1.165) is 18.5 Å². The van der Waals surface area contributed by atoms with Crippen molar-refractivity contribution < 1.29 is 13.5 Å². The lowest BCUT2D eigenvalue weighted by atomic mass is 9.95. The van der Waals surface area contributed by atoms with Gasteiger partial charge in [-0.2, -0.15) is 8.78 Å². The number of halogens is 2. The molecule has 1 N–H and O–H groups in total. The number of nitrogens with one attached hydrogen (secondary N) is 1. The van der Waals surface area contributed by atoms with E-state index in [1.807, 2.05) is 0 Å². The maximum absolute atomic E-state index is 12.1. The topological polar surface area (TPSA) is 21.3 Å². The Balaban J connectivity index is 2.63. The van der Waals surface area contributed by atoms with Crippen LogP contribution >= 0.6 is 0 Å². The fourth-order valence-electron chi connectivity index (χ4n) is 2.32. The van der Waals surface area contributed by atoms with Crippen LogP contribution in [-0.4, -0.2) is 12.7 Å². The Hall–Kier alpha value is -1.32. The summed E-state index contributed by atoms with van der Waals surface area (Å²) in [6.45, 7) is 6.04. The van der Waals surface area contributed by atoms with Gasteiger partial charge in [0.15, 0.2) is 0 Å². The summed E-state index contributed by atoms with van der Waals surface area (Å²) < 4.78 is 28.5. The number of hydrogen-bond donors (Lipinski definition) is 1. The van der Waals surface area contributed by atoms with Gasteiger partial charge in [0, 0.05) is 11.7 Å². The summed E-state index contributed by atoms with van der Waals surface area (Å²) in [4.78, 5) is 0. The van der Waals surface area contributed by atoms with E-state index < -0.39 is 6.61 Å². The molecule has 0 saturated carbocycles. The molecule has 0 bridgehead atoms. The van der Waals surface area contributed by atoms with Gasteiger partial charge in [0.05, 0.1) is 0 Å². The molecule has 1 aromatic rings. The minimum absolute atomic E-state index is 0.190. The molecule has 114 valence electrons. The summed E-state index contributed by atoms with van der Waals surface area (Å²) in [7, 11) is 0. The minimum Gasteiger partial charge on any atom is -0.435 e. The van der Waals surface area contributed by atoms with Crippen LogP contribution in [0.15, 0.2) is 24.3 Å². The van der Waals surface area contributed by atoms with E-state index in [9.17, 15) is 8.78 Å². The molecule has 1 aromatic carbocycles. The molecule has 0 amide bonds. The highest BCUT2D eigenvalue weighted by molar-refractivity contribution is 5.47. The average molecular weight is 285 g/mol. The number of anilines is 1. The van der Waals surface area contributed by atoms with Crippen LogP contribution in [0, 0.1) is 11.8 Å². The zero-order valence-electron chi connectivity index (χ0n) is 12.7. The lowest BCUT2D eigenvalue weighted by molar-refractivity contribution is -0.0498. The maximum atomic E-state index is 12.1. The first kappa shape index (κ1) is 16.7. The van der Waals surface area contributed by atoms with E-state index >= 15 is 0 Å². The standard InChI is InChI=1S/C16H25F2NO/c1-11(2)9-14(10-12(3)4)19-13-5-7-15(8-6-13)20-16(17)18/h5-8,11-12,14,16,19H,9-10H2,1-4H3. The van der Waals surface area contributed by atoms with Gasteiger partial charge in [0.1, 0.15) is 5.75 Å². The van der Waals surface area contributed by atoms with E-state index in [1.165, 1.54) is 0 Å². The SMILES string of the molecule is CC(C)CC(CC(C)C)Nc1ccc(OC(F)F)cc1. The lowest BCUT2D eigenvalue weighted by Gasteiger charge is -2.23. The van der Waals surface area contributed by atoms with Gasteiger partial charge in [-0.1, -0.05) is 27.7 Å². The molecule has 0 aromatic heterocycles. The van der Waals surface area contributed by atoms with Gasteiger partial charge < -0.3 is 10.1 Å². The molecule has 20 heavy (non-hydrogen) atoms. The Kier molecular flexibility index (Phi) is 6.76. The molecule has 1 rings (SSSR count). The second-order valence-electron chi connectivity index (χ2n) is 6.00. The fraction of sp³-hybridized carbons (Fsp3) is 0.625. The van der Waals surface area contributed by atoms with Crippen molar-refractivity contribution in [3.05, 3.63) is 24.3 Å². The van der Waals surface area contributed by atoms with Gasteiger partial charge in [-0.3, -0.25) is 0 Å². The average Bonchev–Trinajstić information content (AvgIpc) is 2.29. The maximum Gasteiger partial charge on any atom is 0.387 e. The van der Waals surface area contributed by atoms with Gasteiger partial charge in [0.25, 0.3) is 0 Å². The third-order valence-electron chi connectivity index (χ3n) is 2.96. The molecule has 0 unspecified atom stereocenters. The first-order chi connectivity index (χ1) is 9.36. The first-order valence-electron chi connectivity index (χ1n) is 7.18. The third kappa shape index (κ3) is 6.73. The zero-order valence-corrected chi connectivity index (χ0v) is 12.7. The third-order valence-corrected chi connectivity index (χ3v) is 2.96. The van der Waals surface area contributed by atoms with Crippen LogP contribution in [0.3, 0.4) is 0 Å². The molecular formula is C16H25F2NO. The Morgan fingerprint density at radius 3 is 1.85 bits per heavy atom. The smallest absolute Gasteiger partial charge is 0.387 e. The Labute approximate surface area is 120 Å². The van der Waals surface area contributed by atoms with Crippen molar-refractivity contribution in [3.8, 4) is 5.75 Å². The Bertz CT molecular complexity index is 367. The van der Waals surface area contributed by atoms with E-state index in [4.69, 9.17) is 0 Å². The van der Waals surface area contributed by atoms with Crippen LogP contribution in [0.4, 0.5) is 14.5 Å². The van der Waals surface area contributed by atoms with Crippen molar-refractivity contribution in [2.45, 2.75) is 53.2 Å². The van der Waals surface area contributed by atoms with Gasteiger partial charge in [-0.05, 0) is 48.9 Å². The van der Waals surface area contributed by atoms with Crippen molar-refractivity contribution >= 4 is 5.69 Å². The molecule has 0 aliphatic rings. The van der Waals surface area contributed by atoms with E-state index in [1.54, 1.807) is 24.3 Å². The summed E-state index contributed by atoms with van der Waals surface area (Å²) in [6.07, 6.45) is 2.18. The van der Waals surface area contributed by atoms with Crippen molar-refractivity contribution in [1.29, 1.82) is 0 Å². The van der Waals surface area contributed by atoms with Crippen LogP contribution in [0.25, 0.3) is 0 Å². The highest BCUT2D eigenvalue weighted by Gasteiger charge is 2.13. The number of alkyl halides is 2. The second-order valence-corrected chi connectivity index (χ2v) is 6.00. The predicted molar refractivity (Wildman–Crippen MR) is 79.4 cm³/mol. The number of benzene rings is 1. The molecule has 0 spiro atoms. The minimum atomic E-state index is -2.77. The van der Waals surface area contributed by atoms with Crippen LogP contribution in [0.5, 0.6) is 5.75 Å². The van der Waals surface area contributed by atoms with Crippen LogP contribution in [-0.2, 0) is 0 Å². The highest BCUT2D eigenvalue weighted by atomic mass is 19.3. The van der Waals surface area contributed by atoms with Gasteiger partial charge >= 0.3 is 6.61 Å². The Morgan fingerprint density at radius 1 is 0.950 bits per heavy atom. The van der Waals surface area contributed by atoms with Crippen LogP contribution in [0.2, 0.25) is 0 Å². The van der Waals surface area contributed by atoms with Gasteiger partial charge in [-0.25, -0.2) is 0 Å². The molecule has 0 aliphatic heterocycles. The summed E-state index contributed by atoms with van der Waals surface area (Å²) >= 11 is 0. The monoisotopic (exact) mass is 285 g/mol. The molecule has 0 fully saturated rings. The second kappa shape index (κ2) is 8.08. The van der Waals surface area contributed by atoms with E-state index in [2.05, 4.69) is 37.7 Å². The number of ether oxygens (including phenoxy) is 1. The summed E-state index contributed by atoms with van der Waals surface area (Å²) in [5.41, 5.74) is 0.943. The number of rotatable bonds is 8. The normalized spacial score (nSPS) is 11.7. The lowest BCUT2D eigenvalue weighted by Crippen LogP contribution is -2.23. The summed E-state index contributed by atoms with van der Waals surface area (Å²) in [6, 6.07) is 7.10. The highest BCUT2D eigenvalue weighted by Crippen LogP contribution is 2.22. The summed E-state index contributed by atoms with van der Waals surface area (Å²) in [5.74, 6) is 1.43. The number of hydrogen-bond acceptors (Lipinski definition) is 2. The Morgan fingerprint density at radius 2 is 1.45 bits per heavy atom. The molecule has 0 aliphatic carbocycles. The molecule has 0 heterocycles. The molecule has 2 nitrogen and oxygen atoms in total. The van der Waals surface area contributed by atoms with Gasteiger partial charge in [0.2, 0.25) is 0 Å². The van der Waals surface area contributed by atoms with Crippen molar-refractivity contribution in [1.82, 2.24) is 0 Å². The first-order valence-corrected chi connectivity index (χ1v) is 7.18. The quantitative estimate of drug-likeness (QED) is 0.712. The molecule has 0 atom stereocenters. The van der Waals surface area contributed by atoms with Crippen molar-refractivity contribution in [2.24, 2.45) is 11.8 Å². The summed E-state index contributed by atoms with van der Waals surface area (Å²) in [5, 5.41) is 3.48. The largest absolute Gasteiger partial charge is 0.435 e. The van der Waals surface area contributed by atoms with Crippen molar-refractivity contribution in [2.75, 3.05) is 5.32 Å². The van der Waals surface area contributed by atoms with E-state index in [-0.39, 0.29) is 5.75 Å². The molecule has 0 radical (unpaired) electrons. The zero-order chi connectivity index (χ0) is 15.1. The van der Waals surface area contributed by atoms with Crippen molar-refractivity contribution in [3.63, 3.8) is 0 Å². The van der Waals surface area contributed by atoms with Crippen LogP contribution in [0.1, 0.15) is 40.5 Å². The fourth-order valence-corrected chi connectivity index (χ4v) is 2.32. The predicted octanol–water partition coefficient (Wildman–Crippen LogP) is 5.16. The van der Waals surface area contributed by atoms with Crippen LogP contribution < -0.4 is 10.1 Å².